The predicted molar refractivity (Wildman–Crippen MR) is 78.9 cm³/mol. The number of carbonyl (C=O) groups excluding carboxylic acids is 2. The minimum absolute atomic E-state index is 0.0959. The van der Waals surface area contributed by atoms with Crippen molar-refractivity contribution in [2.24, 2.45) is 0 Å². The fraction of sp³-hybridized carbons (Fsp3) is 0.267. The van der Waals surface area contributed by atoms with Gasteiger partial charge in [-0.1, -0.05) is 12.1 Å². The molecule has 0 bridgehead atoms. The van der Waals surface area contributed by atoms with E-state index in [1.54, 1.807) is 32.0 Å². The number of carboxylic acid groups (broad SMARTS) is 1. The summed E-state index contributed by atoms with van der Waals surface area (Å²) in [6.45, 7) is 3.93. The number of carbonyl (C=O) groups is 3. The molecule has 112 valence electrons. The third-order valence-corrected chi connectivity index (χ3v) is 2.81. The predicted octanol–water partition coefficient (Wildman–Crippen LogP) is 0.959. The second kappa shape index (κ2) is 7.84. The summed E-state index contributed by atoms with van der Waals surface area (Å²) in [5.41, 5.74) is 1.71. The number of benzene rings is 1. The van der Waals surface area contributed by atoms with Crippen molar-refractivity contribution in [1.29, 1.82) is 0 Å². The first-order chi connectivity index (χ1) is 9.95. The van der Waals surface area contributed by atoms with E-state index in [0.717, 1.165) is 6.08 Å². The molecule has 0 saturated carbocycles. The molecule has 0 spiro atoms. The maximum Gasteiger partial charge on any atom is 0.328 e. The third-order valence-electron chi connectivity index (χ3n) is 2.81. The smallest absolute Gasteiger partial charge is 0.328 e. The largest absolute Gasteiger partial charge is 0.478 e. The van der Waals surface area contributed by atoms with Crippen molar-refractivity contribution in [2.75, 3.05) is 13.1 Å². The average molecular weight is 290 g/mol. The zero-order valence-electron chi connectivity index (χ0n) is 12.0. The van der Waals surface area contributed by atoms with Crippen molar-refractivity contribution >= 4 is 23.9 Å². The second-order valence-corrected chi connectivity index (χ2v) is 4.33. The molecule has 0 fully saturated rings. The lowest BCUT2D eigenvalue weighted by molar-refractivity contribution is -0.131. The van der Waals surface area contributed by atoms with E-state index in [1.807, 2.05) is 0 Å². The van der Waals surface area contributed by atoms with Crippen LogP contribution in [0, 0.1) is 6.92 Å². The van der Waals surface area contributed by atoms with Crippen LogP contribution in [0.25, 0.3) is 6.08 Å². The Kier molecular flexibility index (Phi) is 6.13. The molecule has 0 heterocycles. The van der Waals surface area contributed by atoms with Gasteiger partial charge in [0.05, 0.1) is 6.54 Å². The van der Waals surface area contributed by atoms with Gasteiger partial charge in [0.1, 0.15) is 0 Å². The molecule has 6 heteroatoms. The summed E-state index contributed by atoms with van der Waals surface area (Å²) < 4.78 is 0. The van der Waals surface area contributed by atoms with E-state index in [0.29, 0.717) is 23.2 Å². The van der Waals surface area contributed by atoms with Crippen LogP contribution in [-0.2, 0) is 9.59 Å². The first-order valence-electron chi connectivity index (χ1n) is 6.51. The van der Waals surface area contributed by atoms with E-state index in [2.05, 4.69) is 10.6 Å². The van der Waals surface area contributed by atoms with Crippen LogP contribution >= 0.6 is 0 Å². The van der Waals surface area contributed by atoms with Gasteiger partial charge in [-0.3, -0.25) is 9.59 Å². The van der Waals surface area contributed by atoms with Crippen molar-refractivity contribution < 1.29 is 19.5 Å². The van der Waals surface area contributed by atoms with Gasteiger partial charge in [-0.05, 0) is 37.1 Å². The molecule has 6 nitrogen and oxygen atoms in total. The van der Waals surface area contributed by atoms with Gasteiger partial charge in [-0.15, -0.1) is 0 Å². The molecule has 3 N–H and O–H groups in total. The van der Waals surface area contributed by atoms with Crippen molar-refractivity contribution in [1.82, 2.24) is 10.6 Å². The van der Waals surface area contributed by atoms with Crippen molar-refractivity contribution in [3.05, 3.63) is 41.0 Å². The third kappa shape index (κ3) is 5.10. The van der Waals surface area contributed by atoms with Crippen LogP contribution in [0.4, 0.5) is 0 Å². The minimum atomic E-state index is -1.06. The summed E-state index contributed by atoms with van der Waals surface area (Å²) in [7, 11) is 0. The summed E-state index contributed by atoms with van der Waals surface area (Å²) in [4.78, 5) is 33.9. The highest BCUT2D eigenvalue weighted by atomic mass is 16.4. The SMILES string of the molecule is CCNC(=O)CNC(=O)c1cccc(C=CC(=O)O)c1C. The molecule has 1 aromatic rings. The Bertz CT molecular complexity index is 579. The van der Waals surface area contributed by atoms with E-state index in [1.165, 1.54) is 6.08 Å². The van der Waals surface area contributed by atoms with Crippen LogP contribution in [0.15, 0.2) is 24.3 Å². The molecule has 1 aromatic carbocycles. The molecule has 0 aliphatic rings. The topological polar surface area (TPSA) is 95.5 Å². The Morgan fingerprint density at radius 1 is 1.24 bits per heavy atom. The molecule has 0 aromatic heterocycles. The standard InChI is InChI=1S/C15H18N2O4/c1-3-16-13(18)9-17-15(21)12-6-4-5-11(10(12)2)7-8-14(19)20/h4-8H,3,9H2,1-2H3,(H,16,18)(H,17,21)(H,19,20). The molecule has 21 heavy (non-hydrogen) atoms. The molecule has 1 rings (SSSR count). The van der Waals surface area contributed by atoms with Crippen LogP contribution in [0.2, 0.25) is 0 Å². The molecule has 2 amide bonds. The Morgan fingerprint density at radius 3 is 2.57 bits per heavy atom. The number of hydrogen-bond acceptors (Lipinski definition) is 3. The van der Waals surface area contributed by atoms with Crippen LogP contribution in [0.3, 0.4) is 0 Å². The molecule has 0 saturated heterocycles. The van der Waals surface area contributed by atoms with Gasteiger partial charge in [0.25, 0.3) is 5.91 Å². The number of likely N-dealkylation sites (N-methyl/N-ethyl adjacent to an activating group) is 1. The van der Waals surface area contributed by atoms with Crippen LogP contribution in [0.5, 0.6) is 0 Å². The van der Waals surface area contributed by atoms with Crippen molar-refractivity contribution in [3.63, 3.8) is 0 Å². The molecule has 0 atom stereocenters. The van der Waals surface area contributed by atoms with E-state index < -0.39 is 5.97 Å². The number of aliphatic carboxylic acids is 1. The van der Waals surface area contributed by atoms with Gasteiger partial charge in [0.15, 0.2) is 0 Å². The normalized spacial score (nSPS) is 10.4. The maximum atomic E-state index is 12.0. The summed E-state index contributed by atoms with van der Waals surface area (Å²) in [5.74, 6) is -1.68. The Balaban J connectivity index is 2.83. The quantitative estimate of drug-likeness (QED) is 0.680. The van der Waals surface area contributed by atoms with Crippen molar-refractivity contribution in [3.8, 4) is 0 Å². The van der Waals surface area contributed by atoms with E-state index in [9.17, 15) is 14.4 Å². The zero-order valence-corrected chi connectivity index (χ0v) is 12.0. The van der Waals surface area contributed by atoms with Gasteiger partial charge >= 0.3 is 5.97 Å². The van der Waals surface area contributed by atoms with Gasteiger partial charge < -0.3 is 15.7 Å². The lowest BCUT2D eigenvalue weighted by atomic mass is 10.0. The van der Waals surface area contributed by atoms with E-state index >= 15 is 0 Å². The van der Waals surface area contributed by atoms with Crippen LogP contribution in [-0.4, -0.2) is 36.0 Å². The van der Waals surface area contributed by atoms with Gasteiger partial charge in [0.2, 0.25) is 5.91 Å². The number of amides is 2. The summed E-state index contributed by atoms with van der Waals surface area (Å²) >= 11 is 0. The molecule has 0 unspecified atom stereocenters. The maximum absolute atomic E-state index is 12.0. The lowest BCUT2D eigenvalue weighted by Crippen LogP contribution is -2.37. The number of hydrogen-bond donors (Lipinski definition) is 3. The second-order valence-electron chi connectivity index (χ2n) is 4.33. The highest BCUT2D eigenvalue weighted by Crippen LogP contribution is 2.15. The zero-order chi connectivity index (χ0) is 15.8. The monoisotopic (exact) mass is 290 g/mol. The summed E-state index contributed by atoms with van der Waals surface area (Å²) in [5, 5.41) is 13.7. The Hall–Kier alpha value is -2.63. The van der Waals surface area contributed by atoms with E-state index in [4.69, 9.17) is 5.11 Å². The number of rotatable bonds is 6. The van der Waals surface area contributed by atoms with Crippen LogP contribution < -0.4 is 10.6 Å². The molecular formula is C15H18N2O4. The van der Waals surface area contributed by atoms with Crippen LogP contribution in [0.1, 0.15) is 28.4 Å². The molecule has 0 radical (unpaired) electrons. The Labute approximate surface area is 122 Å². The first kappa shape index (κ1) is 16.4. The van der Waals surface area contributed by atoms with Gasteiger partial charge in [-0.2, -0.15) is 0 Å². The minimum Gasteiger partial charge on any atom is -0.478 e. The molecular weight excluding hydrogens is 272 g/mol. The lowest BCUT2D eigenvalue weighted by Gasteiger charge is -2.09. The van der Waals surface area contributed by atoms with Crippen molar-refractivity contribution in [2.45, 2.75) is 13.8 Å². The molecule has 0 aliphatic heterocycles. The fourth-order valence-corrected chi connectivity index (χ4v) is 1.76. The Morgan fingerprint density at radius 2 is 1.95 bits per heavy atom. The number of carboxylic acids is 1. The number of nitrogens with one attached hydrogen (secondary N) is 2. The highest BCUT2D eigenvalue weighted by molar-refractivity contribution is 5.98. The average Bonchev–Trinajstić information content (AvgIpc) is 2.44. The first-order valence-corrected chi connectivity index (χ1v) is 6.51. The summed E-state index contributed by atoms with van der Waals surface area (Å²) in [6, 6.07) is 5.01. The fourth-order valence-electron chi connectivity index (χ4n) is 1.76. The van der Waals surface area contributed by atoms with Gasteiger partial charge in [0, 0.05) is 18.2 Å². The van der Waals surface area contributed by atoms with E-state index in [-0.39, 0.29) is 18.4 Å². The van der Waals surface area contributed by atoms with Gasteiger partial charge in [-0.25, -0.2) is 4.79 Å². The molecule has 0 aliphatic carbocycles. The highest BCUT2D eigenvalue weighted by Gasteiger charge is 2.11. The summed E-state index contributed by atoms with van der Waals surface area (Å²) in [6.07, 6.45) is 2.44.